The molecular formula is C21H22FN3O4. The first kappa shape index (κ1) is 19.4. The third kappa shape index (κ3) is 3.15. The number of imide groups is 1. The predicted octanol–water partition coefficient (Wildman–Crippen LogP) is 1.69. The van der Waals surface area contributed by atoms with Gasteiger partial charge < -0.3 is 4.74 Å². The van der Waals surface area contributed by atoms with Crippen LogP contribution in [-0.2, 0) is 14.4 Å². The van der Waals surface area contributed by atoms with Crippen LogP contribution in [0.4, 0.5) is 15.8 Å². The van der Waals surface area contributed by atoms with Crippen molar-refractivity contribution >= 4 is 29.6 Å². The molecule has 1 saturated carbocycles. The molecule has 1 aliphatic carbocycles. The van der Waals surface area contributed by atoms with Crippen LogP contribution in [0.1, 0.15) is 32.1 Å². The molecule has 8 heteroatoms. The summed E-state index contributed by atoms with van der Waals surface area (Å²) >= 11 is 0. The highest BCUT2D eigenvalue weighted by molar-refractivity contribution is 6.11. The SMILES string of the molecule is C#CCN1C(=O)C2(CC2)Oc2cc(F)c(N(C=O)C(=O)C3CCCCN3C)cc21. The fourth-order valence-electron chi connectivity index (χ4n) is 4.07. The van der Waals surface area contributed by atoms with Crippen LogP contribution >= 0.6 is 0 Å². The molecule has 2 heterocycles. The summed E-state index contributed by atoms with van der Waals surface area (Å²) in [6, 6.07) is 1.91. The van der Waals surface area contributed by atoms with E-state index in [1.54, 1.807) is 0 Å². The normalized spacial score (nSPS) is 22.4. The van der Waals surface area contributed by atoms with Crippen LogP contribution in [0.15, 0.2) is 12.1 Å². The van der Waals surface area contributed by atoms with Gasteiger partial charge >= 0.3 is 0 Å². The summed E-state index contributed by atoms with van der Waals surface area (Å²) in [5.74, 6) is 1.07. The summed E-state index contributed by atoms with van der Waals surface area (Å²) < 4.78 is 20.7. The first-order chi connectivity index (χ1) is 13.9. The first-order valence-corrected chi connectivity index (χ1v) is 9.68. The molecule has 1 atom stereocenters. The number of fused-ring (bicyclic) bond motifs is 1. The number of likely N-dealkylation sites (N-methyl/N-ethyl adjacent to an activating group) is 1. The molecule has 0 radical (unpaired) electrons. The quantitative estimate of drug-likeness (QED) is 0.569. The van der Waals surface area contributed by atoms with Crippen LogP contribution in [0.5, 0.6) is 5.75 Å². The van der Waals surface area contributed by atoms with Crippen LogP contribution in [0.3, 0.4) is 0 Å². The van der Waals surface area contributed by atoms with E-state index in [0.717, 1.165) is 30.4 Å². The molecular weight excluding hydrogens is 377 g/mol. The van der Waals surface area contributed by atoms with Gasteiger partial charge in [0.15, 0.2) is 11.4 Å². The topological polar surface area (TPSA) is 70.2 Å². The molecule has 3 amide bonds. The molecule has 1 saturated heterocycles. The summed E-state index contributed by atoms with van der Waals surface area (Å²) in [5.41, 5.74) is -0.922. The molecule has 2 fully saturated rings. The number of benzene rings is 1. The monoisotopic (exact) mass is 399 g/mol. The standard InChI is InChI=1S/C21H22FN3O4/c1-3-9-24-17-12-16(14(22)11-18(17)29-21(7-8-21)20(24)28)25(13-26)19(27)15-6-4-5-10-23(15)2/h1,11-13,15H,4-10H2,2H3. The fraction of sp³-hybridized carbons (Fsp3) is 0.476. The number of halogens is 1. The number of rotatable bonds is 4. The maximum atomic E-state index is 14.9. The van der Waals surface area contributed by atoms with Gasteiger partial charge in [-0.25, -0.2) is 9.29 Å². The maximum absolute atomic E-state index is 14.9. The number of anilines is 2. The summed E-state index contributed by atoms with van der Waals surface area (Å²) in [6.45, 7) is 0.721. The number of carbonyl (C=O) groups excluding carboxylic acids is 3. The van der Waals surface area contributed by atoms with Crippen molar-refractivity contribution in [3.8, 4) is 18.1 Å². The van der Waals surface area contributed by atoms with Crippen molar-refractivity contribution in [2.24, 2.45) is 0 Å². The van der Waals surface area contributed by atoms with E-state index in [9.17, 15) is 18.8 Å². The number of terminal acetylenes is 1. The van der Waals surface area contributed by atoms with E-state index in [-0.39, 0.29) is 29.6 Å². The summed E-state index contributed by atoms with van der Waals surface area (Å²) in [5, 5.41) is 0. The Balaban J connectivity index is 1.73. The van der Waals surface area contributed by atoms with Gasteiger partial charge in [-0.3, -0.25) is 24.2 Å². The Hall–Kier alpha value is -2.92. The van der Waals surface area contributed by atoms with Gasteiger partial charge in [-0.05, 0) is 32.5 Å². The van der Waals surface area contributed by atoms with Gasteiger partial charge in [0.2, 0.25) is 6.41 Å². The van der Waals surface area contributed by atoms with Gasteiger partial charge in [-0.2, -0.15) is 0 Å². The lowest BCUT2D eigenvalue weighted by Crippen LogP contribution is -2.50. The van der Waals surface area contributed by atoms with Gasteiger partial charge in [0.25, 0.3) is 11.8 Å². The Bertz CT molecular complexity index is 921. The molecule has 1 spiro atoms. The zero-order chi connectivity index (χ0) is 20.8. The number of amides is 3. The number of carbonyl (C=O) groups is 3. The highest BCUT2D eigenvalue weighted by Crippen LogP contribution is 2.50. The lowest BCUT2D eigenvalue weighted by Gasteiger charge is -2.36. The maximum Gasteiger partial charge on any atom is 0.272 e. The van der Waals surface area contributed by atoms with E-state index in [4.69, 9.17) is 11.2 Å². The smallest absolute Gasteiger partial charge is 0.272 e. The number of hydrogen-bond acceptors (Lipinski definition) is 5. The molecule has 4 rings (SSSR count). The van der Waals surface area contributed by atoms with E-state index in [1.165, 1.54) is 11.0 Å². The third-order valence-corrected chi connectivity index (χ3v) is 5.87. The Labute approximate surface area is 168 Å². The average molecular weight is 399 g/mol. The number of ether oxygens (including phenoxy) is 1. The third-order valence-electron chi connectivity index (χ3n) is 5.87. The Morgan fingerprint density at radius 1 is 1.45 bits per heavy atom. The lowest BCUT2D eigenvalue weighted by atomic mass is 10.0. The van der Waals surface area contributed by atoms with E-state index >= 15 is 0 Å². The minimum absolute atomic E-state index is 0.0115. The molecule has 3 aliphatic rings. The zero-order valence-corrected chi connectivity index (χ0v) is 16.2. The van der Waals surface area contributed by atoms with Crippen molar-refractivity contribution in [1.82, 2.24) is 4.90 Å². The van der Waals surface area contributed by atoms with E-state index in [1.807, 2.05) is 11.9 Å². The van der Waals surface area contributed by atoms with Crippen LogP contribution in [-0.4, -0.2) is 54.9 Å². The molecule has 7 nitrogen and oxygen atoms in total. The fourth-order valence-corrected chi connectivity index (χ4v) is 4.07. The van der Waals surface area contributed by atoms with E-state index < -0.39 is 23.4 Å². The average Bonchev–Trinajstić information content (AvgIpc) is 3.47. The summed E-state index contributed by atoms with van der Waals surface area (Å²) in [4.78, 5) is 41.5. The van der Waals surface area contributed by atoms with Crippen molar-refractivity contribution in [1.29, 1.82) is 0 Å². The van der Waals surface area contributed by atoms with E-state index in [0.29, 0.717) is 25.7 Å². The van der Waals surface area contributed by atoms with Gasteiger partial charge in [0.1, 0.15) is 5.75 Å². The highest BCUT2D eigenvalue weighted by Gasteiger charge is 2.58. The molecule has 29 heavy (non-hydrogen) atoms. The van der Waals surface area contributed by atoms with Gasteiger partial charge in [-0.1, -0.05) is 12.3 Å². The molecule has 1 aromatic carbocycles. The molecule has 0 bridgehead atoms. The first-order valence-electron chi connectivity index (χ1n) is 9.68. The second-order valence-corrected chi connectivity index (χ2v) is 7.77. The van der Waals surface area contributed by atoms with Crippen LogP contribution in [0, 0.1) is 18.2 Å². The van der Waals surface area contributed by atoms with Crippen LogP contribution in [0.25, 0.3) is 0 Å². The van der Waals surface area contributed by atoms with Crippen molar-refractivity contribution in [3.05, 3.63) is 17.9 Å². The molecule has 0 N–H and O–H groups in total. The molecule has 1 aromatic rings. The molecule has 1 unspecified atom stereocenters. The molecule has 0 aromatic heterocycles. The van der Waals surface area contributed by atoms with E-state index in [2.05, 4.69) is 5.92 Å². The van der Waals surface area contributed by atoms with Gasteiger partial charge in [-0.15, -0.1) is 6.42 Å². The van der Waals surface area contributed by atoms with Gasteiger partial charge in [0.05, 0.1) is 24.0 Å². The Kier molecular flexibility index (Phi) is 4.79. The van der Waals surface area contributed by atoms with Crippen molar-refractivity contribution < 1.29 is 23.5 Å². The van der Waals surface area contributed by atoms with Crippen LogP contribution < -0.4 is 14.5 Å². The summed E-state index contributed by atoms with van der Waals surface area (Å²) in [6.07, 6.45) is 9.25. The zero-order valence-electron chi connectivity index (χ0n) is 16.2. The van der Waals surface area contributed by atoms with Crippen molar-refractivity contribution in [3.63, 3.8) is 0 Å². The molecule has 2 aliphatic heterocycles. The highest BCUT2D eigenvalue weighted by atomic mass is 19.1. The van der Waals surface area contributed by atoms with Crippen LogP contribution in [0.2, 0.25) is 0 Å². The van der Waals surface area contributed by atoms with Crippen molar-refractivity contribution in [2.75, 3.05) is 29.9 Å². The minimum atomic E-state index is -0.969. The van der Waals surface area contributed by atoms with Gasteiger partial charge in [0, 0.05) is 18.9 Å². The Morgan fingerprint density at radius 2 is 2.21 bits per heavy atom. The Morgan fingerprint density at radius 3 is 2.83 bits per heavy atom. The predicted molar refractivity (Wildman–Crippen MR) is 104 cm³/mol. The number of nitrogens with zero attached hydrogens (tertiary/aromatic N) is 3. The lowest BCUT2D eigenvalue weighted by molar-refractivity contribution is -0.128. The second kappa shape index (κ2) is 7.16. The second-order valence-electron chi connectivity index (χ2n) is 7.77. The summed E-state index contributed by atoms with van der Waals surface area (Å²) in [7, 11) is 1.81. The largest absolute Gasteiger partial charge is 0.475 e. The van der Waals surface area contributed by atoms with Crippen molar-refractivity contribution in [2.45, 2.75) is 43.7 Å². The number of piperidine rings is 1. The minimum Gasteiger partial charge on any atom is -0.475 e. The number of hydrogen-bond donors (Lipinski definition) is 0. The number of likely N-dealkylation sites (tertiary alicyclic amines) is 1. The molecule has 152 valence electrons.